The van der Waals surface area contributed by atoms with Gasteiger partial charge in [0.2, 0.25) is 0 Å². The molecule has 0 heterocycles. The van der Waals surface area contributed by atoms with Crippen LogP contribution in [-0.4, -0.2) is 5.97 Å². The van der Waals surface area contributed by atoms with Gasteiger partial charge in [-0.1, -0.05) is 30.3 Å². The van der Waals surface area contributed by atoms with Crippen molar-refractivity contribution in [1.29, 1.82) is 0 Å². The molecule has 0 atom stereocenters. The number of esters is 1. The Balaban J connectivity index is 2.13. The van der Waals surface area contributed by atoms with Crippen molar-refractivity contribution in [3.63, 3.8) is 0 Å². The van der Waals surface area contributed by atoms with Gasteiger partial charge >= 0.3 is 5.97 Å². The average molecular weight is 370 g/mol. The van der Waals surface area contributed by atoms with Crippen LogP contribution in [0.3, 0.4) is 0 Å². The Morgan fingerprint density at radius 1 is 1.26 bits per heavy atom. The molecule has 2 aromatic carbocycles. The van der Waals surface area contributed by atoms with Crippen LogP contribution in [0.15, 0.2) is 42.5 Å². The highest BCUT2D eigenvalue weighted by Gasteiger charge is 2.17. The van der Waals surface area contributed by atoms with Crippen LogP contribution in [-0.2, 0) is 11.3 Å². The van der Waals surface area contributed by atoms with E-state index < -0.39 is 11.8 Å². The molecule has 2 nitrogen and oxygen atoms in total. The molecule has 0 aliphatic heterocycles. The van der Waals surface area contributed by atoms with E-state index in [-0.39, 0.29) is 12.2 Å². The number of carbonyl (C=O) groups is 1. The van der Waals surface area contributed by atoms with Gasteiger partial charge in [0.05, 0.1) is 0 Å². The van der Waals surface area contributed by atoms with Gasteiger partial charge in [-0.3, -0.25) is 0 Å². The van der Waals surface area contributed by atoms with Crippen LogP contribution in [0.2, 0.25) is 0 Å². The topological polar surface area (TPSA) is 26.3 Å². The number of rotatable bonds is 3. The van der Waals surface area contributed by atoms with Crippen LogP contribution in [0.25, 0.3) is 0 Å². The third-order valence-corrected chi connectivity index (χ3v) is 3.45. The Morgan fingerprint density at radius 2 is 1.95 bits per heavy atom. The fourth-order valence-corrected chi connectivity index (χ4v) is 2.66. The van der Waals surface area contributed by atoms with Gasteiger partial charge in [-0.2, -0.15) is 0 Å². The van der Waals surface area contributed by atoms with Crippen molar-refractivity contribution in [2.45, 2.75) is 13.5 Å². The number of hydrogen-bond donors (Lipinski definition) is 0. The normalized spacial score (nSPS) is 10.3. The molecule has 0 spiro atoms. The molecule has 0 aliphatic rings. The molecular formula is C15H12FIO2. The Labute approximate surface area is 124 Å². The van der Waals surface area contributed by atoms with Gasteiger partial charge in [0, 0.05) is 3.57 Å². The molecule has 0 fully saturated rings. The van der Waals surface area contributed by atoms with Crippen LogP contribution < -0.4 is 0 Å². The van der Waals surface area contributed by atoms with Crippen molar-refractivity contribution < 1.29 is 13.9 Å². The van der Waals surface area contributed by atoms with Crippen molar-refractivity contribution in [3.05, 3.63) is 68.5 Å². The standard InChI is InChI=1S/C15H12FIO2/c1-10-7-12(16)14(13(17)8-10)15(18)19-9-11-5-3-2-4-6-11/h2-8H,9H2,1H3. The van der Waals surface area contributed by atoms with Gasteiger partial charge < -0.3 is 4.74 Å². The molecule has 0 saturated heterocycles. The zero-order valence-corrected chi connectivity index (χ0v) is 12.5. The first-order valence-electron chi connectivity index (χ1n) is 5.74. The van der Waals surface area contributed by atoms with E-state index in [4.69, 9.17) is 4.74 Å². The number of carbonyl (C=O) groups excluding carboxylic acids is 1. The number of halogens is 2. The third-order valence-electron chi connectivity index (χ3n) is 2.60. The van der Waals surface area contributed by atoms with E-state index in [0.717, 1.165) is 11.1 Å². The highest BCUT2D eigenvalue weighted by atomic mass is 127. The molecule has 0 bridgehead atoms. The minimum Gasteiger partial charge on any atom is -0.457 e. The second-order valence-electron chi connectivity index (χ2n) is 4.17. The average Bonchev–Trinajstić information content (AvgIpc) is 2.36. The summed E-state index contributed by atoms with van der Waals surface area (Å²) in [6.45, 7) is 1.92. The van der Waals surface area contributed by atoms with E-state index in [1.165, 1.54) is 6.07 Å². The minimum atomic E-state index is -0.634. The second-order valence-corrected chi connectivity index (χ2v) is 5.33. The summed E-state index contributed by atoms with van der Waals surface area (Å²) in [4.78, 5) is 11.9. The van der Waals surface area contributed by atoms with Crippen LogP contribution >= 0.6 is 22.6 Å². The zero-order valence-electron chi connectivity index (χ0n) is 10.3. The fourth-order valence-electron chi connectivity index (χ4n) is 1.69. The van der Waals surface area contributed by atoms with E-state index in [1.54, 1.807) is 13.0 Å². The Kier molecular flexibility index (Phi) is 4.52. The smallest absolute Gasteiger partial charge is 0.342 e. The highest BCUT2D eigenvalue weighted by Crippen LogP contribution is 2.20. The monoisotopic (exact) mass is 370 g/mol. The molecule has 0 aliphatic carbocycles. The molecule has 0 amide bonds. The molecule has 98 valence electrons. The van der Waals surface area contributed by atoms with Gasteiger partial charge in [0.15, 0.2) is 0 Å². The number of hydrogen-bond acceptors (Lipinski definition) is 2. The molecule has 0 saturated carbocycles. The first-order valence-corrected chi connectivity index (χ1v) is 6.82. The van der Waals surface area contributed by atoms with Crippen molar-refractivity contribution in [2.24, 2.45) is 0 Å². The largest absolute Gasteiger partial charge is 0.457 e. The summed E-state index contributed by atoms with van der Waals surface area (Å²) >= 11 is 1.94. The number of aryl methyl sites for hydroxylation is 1. The Bertz CT molecular complexity index is 573. The van der Waals surface area contributed by atoms with Gasteiger partial charge in [0.1, 0.15) is 18.0 Å². The van der Waals surface area contributed by atoms with E-state index in [1.807, 2.05) is 52.9 Å². The first-order chi connectivity index (χ1) is 9.08. The van der Waals surface area contributed by atoms with E-state index >= 15 is 0 Å². The highest BCUT2D eigenvalue weighted by molar-refractivity contribution is 14.1. The molecule has 0 unspecified atom stereocenters. The molecule has 2 aromatic rings. The van der Waals surface area contributed by atoms with Crippen LogP contribution in [0.1, 0.15) is 21.5 Å². The van der Waals surface area contributed by atoms with E-state index in [2.05, 4.69) is 0 Å². The predicted molar refractivity (Wildman–Crippen MR) is 79.4 cm³/mol. The van der Waals surface area contributed by atoms with Crippen molar-refractivity contribution in [1.82, 2.24) is 0 Å². The van der Waals surface area contributed by atoms with Crippen LogP contribution in [0.4, 0.5) is 4.39 Å². The maximum absolute atomic E-state index is 13.8. The fraction of sp³-hybridized carbons (Fsp3) is 0.133. The molecule has 0 radical (unpaired) electrons. The predicted octanol–water partition coefficient (Wildman–Crippen LogP) is 4.10. The first kappa shape index (κ1) is 14.0. The molecule has 0 N–H and O–H groups in total. The summed E-state index contributed by atoms with van der Waals surface area (Å²) in [5.74, 6) is -1.17. The van der Waals surface area contributed by atoms with Crippen LogP contribution in [0, 0.1) is 16.3 Å². The summed E-state index contributed by atoms with van der Waals surface area (Å²) in [7, 11) is 0. The van der Waals surface area contributed by atoms with E-state index in [9.17, 15) is 9.18 Å². The molecule has 4 heteroatoms. The van der Waals surface area contributed by atoms with Gasteiger partial charge in [0.25, 0.3) is 0 Å². The SMILES string of the molecule is Cc1cc(F)c(C(=O)OCc2ccccc2)c(I)c1. The van der Waals surface area contributed by atoms with Gasteiger partial charge in [-0.15, -0.1) is 0 Å². The summed E-state index contributed by atoms with van der Waals surface area (Å²) in [6, 6.07) is 12.4. The zero-order chi connectivity index (χ0) is 13.8. The molecule has 0 aromatic heterocycles. The molecular weight excluding hydrogens is 358 g/mol. The van der Waals surface area contributed by atoms with Gasteiger partial charge in [-0.25, -0.2) is 9.18 Å². The lowest BCUT2D eigenvalue weighted by Crippen LogP contribution is -2.10. The summed E-state index contributed by atoms with van der Waals surface area (Å²) < 4.78 is 19.5. The number of ether oxygens (including phenoxy) is 1. The third kappa shape index (κ3) is 3.53. The maximum atomic E-state index is 13.8. The Morgan fingerprint density at radius 3 is 2.58 bits per heavy atom. The quantitative estimate of drug-likeness (QED) is 0.601. The maximum Gasteiger partial charge on any atom is 0.342 e. The number of benzene rings is 2. The van der Waals surface area contributed by atoms with Crippen LogP contribution in [0.5, 0.6) is 0 Å². The lowest BCUT2D eigenvalue weighted by Gasteiger charge is -2.08. The van der Waals surface area contributed by atoms with E-state index in [0.29, 0.717) is 3.57 Å². The molecule has 19 heavy (non-hydrogen) atoms. The van der Waals surface area contributed by atoms with Gasteiger partial charge in [-0.05, 0) is 52.8 Å². The summed E-state index contributed by atoms with van der Waals surface area (Å²) in [5.41, 5.74) is 1.65. The lowest BCUT2D eigenvalue weighted by atomic mass is 10.1. The summed E-state index contributed by atoms with van der Waals surface area (Å²) in [5, 5.41) is 0. The van der Waals surface area contributed by atoms with Crippen molar-refractivity contribution >= 4 is 28.6 Å². The molecule has 2 rings (SSSR count). The minimum absolute atomic E-state index is 0.00197. The Hall–Kier alpha value is -1.43. The van der Waals surface area contributed by atoms with Crippen molar-refractivity contribution in [2.75, 3.05) is 0 Å². The summed E-state index contributed by atoms with van der Waals surface area (Å²) in [6.07, 6.45) is 0. The van der Waals surface area contributed by atoms with Crippen molar-refractivity contribution in [3.8, 4) is 0 Å². The lowest BCUT2D eigenvalue weighted by molar-refractivity contribution is 0.0466. The second kappa shape index (κ2) is 6.14.